The van der Waals surface area contributed by atoms with Crippen molar-refractivity contribution in [2.45, 2.75) is 57.3 Å². The number of rotatable bonds is 6. The van der Waals surface area contributed by atoms with Gasteiger partial charge in [-0.15, -0.1) is 0 Å². The molecule has 1 aliphatic carbocycles. The molecule has 0 bridgehead atoms. The quantitative estimate of drug-likeness (QED) is 0.745. The van der Waals surface area contributed by atoms with Gasteiger partial charge in [0.2, 0.25) is 0 Å². The second-order valence-corrected chi connectivity index (χ2v) is 5.47. The van der Waals surface area contributed by atoms with Gasteiger partial charge in [0.05, 0.1) is 12.2 Å². The lowest BCUT2D eigenvalue weighted by Gasteiger charge is -2.31. The molecule has 1 unspecified atom stereocenters. The number of likely N-dealkylation sites (tertiary alicyclic amines) is 1. The first kappa shape index (κ1) is 12.3. The van der Waals surface area contributed by atoms with E-state index in [-0.39, 0.29) is 0 Å². The molecule has 0 aromatic rings. The Hall–Kier alpha value is -0.120. The van der Waals surface area contributed by atoms with Gasteiger partial charge in [0.15, 0.2) is 0 Å². The lowest BCUT2D eigenvalue weighted by Crippen LogP contribution is -2.36. The maximum absolute atomic E-state index is 6.08. The highest BCUT2D eigenvalue weighted by atomic mass is 16.5. The molecule has 0 radical (unpaired) electrons. The third-order valence-electron chi connectivity index (χ3n) is 3.65. The van der Waals surface area contributed by atoms with Crippen molar-refractivity contribution in [2.24, 2.45) is 0 Å². The summed E-state index contributed by atoms with van der Waals surface area (Å²) in [5.41, 5.74) is 0. The highest BCUT2D eigenvalue weighted by Gasteiger charge is 2.21. The van der Waals surface area contributed by atoms with Crippen LogP contribution in [0.2, 0.25) is 0 Å². The molecule has 0 spiro atoms. The molecule has 16 heavy (non-hydrogen) atoms. The number of nitrogens with one attached hydrogen (secondary N) is 1. The van der Waals surface area contributed by atoms with Gasteiger partial charge in [-0.05, 0) is 52.6 Å². The molecule has 3 nitrogen and oxygen atoms in total. The molecule has 2 aliphatic rings. The topological polar surface area (TPSA) is 24.5 Å². The standard InChI is InChI=1S/C13H26N2O/c1-11(5-8-14-12-3-4-12)16-13-6-9-15(2)10-7-13/h11-14H,3-10H2,1-2H3. The number of nitrogens with zero attached hydrogens (tertiary/aromatic N) is 1. The van der Waals surface area contributed by atoms with Crippen molar-refractivity contribution in [1.82, 2.24) is 10.2 Å². The molecule has 3 heteroatoms. The van der Waals surface area contributed by atoms with E-state index in [1.807, 2.05) is 0 Å². The van der Waals surface area contributed by atoms with Crippen molar-refractivity contribution in [3.63, 3.8) is 0 Å². The SMILES string of the molecule is CC(CCNC1CC1)OC1CCN(C)CC1. The highest BCUT2D eigenvalue weighted by Crippen LogP contribution is 2.19. The van der Waals surface area contributed by atoms with Crippen LogP contribution in [0.1, 0.15) is 39.0 Å². The Morgan fingerprint density at radius 1 is 1.25 bits per heavy atom. The maximum atomic E-state index is 6.08. The van der Waals surface area contributed by atoms with Crippen LogP contribution >= 0.6 is 0 Å². The molecule has 1 N–H and O–H groups in total. The first-order valence-electron chi connectivity index (χ1n) is 6.81. The van der Waals surface area contributed by atoms with Crippen LogP contribution < -0.4 is 5.32 Å². The summed E-state index contributed by atoms with van der Waals surface area (Å²) in [6, 6.07) is 0.829. The van der Waals surface area contributed by atoms with Crippen LogP contribution in [-0.2, 0) is 4.74 Å². The molecule has 1 heterocycles. The third kappa shape index (κ3) is 4.40. The van der Waals surface area contributed by atoms with Crippen LogP contribution in [0.25, 0.3) is 0 Å². The molecule has 0 amide bonds. The molecule has 2 rings (SSSR count). The molecule has 1 aliphatic heterocycles. The smallest absolute Gasteiger partial charge is 0.0603 e. The summed E-state index contributed by atoms with van der Waals surface area (Å²) in [6.07, 6.45) is 7.25. The van der Waals surface area contributed by atoms with E-state index in [9.17, 15) is 0 Å². The Balaban J connectivity index is 1.53. The molecular weight excluding hydrogens is 200 g/mol. The van der Waals surface area contributed by atoms with Crippen molar-refractivity contribution in [3.8, 4) is 0 Å². The largest absolute Gasteiger partial charge is 0.375 e. The van der Waals surface area contributed by atoms with Gasteiger partial charge in [0.1, 0.15) is 0 Å². The predicted molar refractivity (Wildman–Crippen MR) is 66.7 cm³/mol. The normalized spacial score (nSPS) is 25.9. The zero-order valence-electron chi connectivity index (χ0n) is 10.7. The summed E-state index contributed by atoms with van der Waals surface area (Å²) in [6.45, 7) is 5.72. The summed E-state index contributed by atoms with van der Waals surface area (Å²) in [5, 5.41) is 3.54. The van der Waals surface area contributed by atoms with E-state index in [1.165, 1.54) is 38.8 Å². The van der Waals surface area contributed by atoms with Crippen LogP contribution in [0.3, 0.4) is 0 Å². The van der Waals surface area contributed by atoms with Gasteiger partial charge < -0.3 is 15.0 Å². The molecule has 0 aromatic carbocycles. The first-order chi connectivity index (χ1) is 7.74. The monoisotopic (exact) mass is 226 g/mol. The number of hydrogen-bond donors (Lipinski definition) is 1. The molecule has 1 atom stereocenters. The summed E-state index contributed by atoms with van der Waals surface area (Å²) >= 11 is 0. The lowest BCUT2D eigenvalue weighted by molar-refractivity contribution is -0.0340. The van der Waals surface area contributed by atoms with E-state index in [4.69, 9.17) is 4.74 Å². The summed E-state index contributed by atoms with van der Waals surface area (Å²) in [7, 11) is 2.19. The molecule has 2 fully saturated rings. The van der Waals surface area contributed by atoms with Crippen molar-refractivity contribution < 1.29 is 4.74 Å². The van der Waals surface area contributed by atoms with E-state index in [1.54, 1.807) is 0 Å². The fourth-order valence-corrected chi connectivity index (χ4v) is 2.30. The van der Waals surface area contributed by atoms with Crippen molar-refractivity contribution in [3.05, 3.63) is 0 Å². The molecule has 0 aromatic heterocycles. The minimum atomic E-state index is 0.416. The Kier molecular flexibility index (Phi) is 4.62. The van der Waals surface area contributed by atoms with E-state index in [0.29, 0.717) is 12.2 Å². The number of ether oxygens (including phenoxy) is 1. The average molecular weight is 226 g/mol. The predicted octanol–water partition coefficient (Wildman–Crippen LogP) is 1.63. The van der Waals surface area contributed by atoms with Crippen LogP contribution in [0.4, 0.5) is 0 Å². The Bertz CT molecular complexity index is 198. The number of hydrogen-bond acceptors (Lipinski definition) is 3. The Labute approximate surface area is 99.5 Å². The van der Waals surface area contributed by atoms with Gasteiger partial charge >= 0.3 is 0 Å². The zero-order valence-corrected chi connectivity index (χ0v) is 10.7. The first-order valence-corrected chi connectivity index (χ1v) is 6.81. The third-order valence-corrected chi connectivity index (χ3v) is 3.65. The van der Waals surface area contributed by atoms with Crippen molar-refractivity contribution >= 4 is 0 Å². The van der Waals surface area contributed by atoms with Crippen LogP contribution in [0.15, 0.2) is 0 Å². The summed E-state index contributed by atoms with van der Waals surface area (Å²) < 4.78 is 6.08. The summed E-state index contributed by atoms with van der Waals surface area (Å²) in [4.78, 5) is 2.39. The molecule has 1 saturated heterocycles. The van der Waals surface area contributed by atoms with Gasteiger partial charge in [-0.25, -0.2) is 0 Å². The maximum Gasteiger partial charge on any atom is 0.0603 e. The van der Waals surface area contributed by atoms with Gasteiger partial charge in [0, 0.05) is 19.1 Å². The van der Waals surface area contributed by atoms with E-state index >= 15 is 0 Å². The zero-order chi connectivity index (χ0) is 11.4. The van der Waals surface area contributed by atoms with Gasteiger partial charge in [-0.3, -0.25) is 0 Å². The Morgan fingerprint density at radius 3 is 2.56 bits per heavy atom. The molecule has 1 saturated carbocycles. The van der Waals surface area contributed by atoms with Crippen LogP contribution in [0, 0.1) is 0 Å². The van der Waals surface area contributed by atoms with Gasteiger partial charge in [-0.1, -0.05) is 0 Å². The van der Waals surface area contributed by atoms with Gasteiger partial charge in [0.25, 0.3) is 0 Å². The average Bonchev–Trinajstić information content (AvgIpc) is 3.05. The molecule has 94 valence electrons. The lowest BCUT2D eigenvalue weighted by atomic mass is 10.1. The van der Waals surface area contributed by atoms with Crippen LogP contribution in [0.5, 0.6) is 0 Å². The number of piperidine rings is 1. The fourth-order valence-electron chi connectivity index (χ4n) is 2.30. The van der Waals surface area contributed by atoms with E-state index < -0.39 is 0 Å². The fraction of sp³-hybridized carbons (Fsp3) is 1.00. The summed E-state index contributed by atoms with van der Waals surface area (Å²) in [5.74, 6) is 0. The second kappa shape index (κ2) is 5.99. The second-order valence-electron chi connectivity index (χ2n) is 5.47. The van der Waals surface area contributed by atoms with Crippen LogP contribution in [-0.4, -0.2) is 49.8 Å². The minimum Gasteiger partial charge on any atom is -0.375 e. The molecular formula is C13H26N2O. The van der Waals surface area contributed by atoms with E-state index in [0.717, 1.165) is 19.0 Å². The Morgan fingerprint density at radius 2 is 1.94 bits per heavy atom. The van der Waals surface area contributed by atoms with Gasteiger partial charge in [-0.2, -0.15) is 0 Å². The highest BCUT2D eigenvalue weighted by molar-refractivity contribution is 4.81. The van der Waals surface area contributed by atoms with E-state index in [2.05, 4.69) is 24.2 Å². The minimum absolute atomic E-state index is 0.416. The van der Waals surface area contributed by atoms with Crippen molar-refractivity contribution in [1.29, 1.82) is 0 Å². The van der Waals surface area contributed by atoms with Crippen molar-refractivity contribution in [2.75, 3.05) is 26.7 Å².